The molecule has 3 N–H and O–H groups in total. The van der Waals surface area contributed by atoms with Crippen molar-refractivity contribution in [3.8, 4) is 0 Å². The first kappa shape index (κ1) is 13.9. The zero-order chi connectivity index (χ0) is 14.3. The van der Waals surface area contributed by atoms with Crippen LogP contribution in [0.4, 0.5) is 0 Å². The van der Waals surface area contributed by atoms with E-state index in [0.717, 1.165) is 44.9 Å². The molecule has 3 atom stereocenters. The van der Waals surface area contributed by atoms with E-state index in [1.165, 1.54) is 0 Å². The van der Waals surface area contributed by atoms with Gasteiger partial charge in [0.2, 0.25) is 5.91 Å². The lowest BCUT2D eigenvalue weighted by Crippen LogP contribution is -2.51. The normalized spacial score (nSPS) is 35.2. The first-order valence-electron chi connectivity index (χ1n) is 7.83. The van der Waals surface area contributed by atoms with E-state index in [9.17, 15) is 14.7 Å². The zero-order valence-corrected chi connectivity index (χ0v) is 11.9. The van der Waals surface area contributed by atoms with Crippen molar-refractivity contribution in [2.45, 2.75) is 51.0 Å². The minimum atomic E-state index is -0.835. The van der Waals surface area contributed by atoms with E-state index >= 15 is 0 Å². The molecular weight excluding hydrogens is 256 g/mol. The summed E-state index contributed by atoms with van der Waals surface area (Å²) in [7, 11) is 0. The lowest BCUT2D eigenvalue weighted by atomic mass is 9.84. The van der Waals surface area contributed by atoms with Crippen LogP contribution in [-0.4, -0.2) is 41.0 Å². The number of carboxylic acids is 1. The standard InChI is InChI=1S/C15H24N2O3/c16-9-15(6-1-2-7-15)14(20)17-8-10-4-3-5-11(10)12(17)13(18)19/h10-12H,1-9,16H2,(H,18,19). The van der Waals surface area contributed by atoms with Gasteiger partial charge in [-0.2, -0.15) is 0 Å². The molecule has 112 valence electrons. The SMILES string of the molecule is NCC1(C(=O)N2CC3CCCC3C2C(=O)O)CCCC1. The van der Waals surface area contributed by atoms with Gasteiger partial charge in [-0.25, -0.2) is 4.79 Å². The molecule has 3 rings (SSSR count). The van der Waals surface area contributed by atoms with Crippen LogP contribution in [0.15, 0.2) is 0 Å². The average Bonchev–Trinajstić information content (AvgIpc) is 3.12. The Morgan fingerprint density at radius 3 is 2.50 bits per heavy atom. The van der Waals surface area contributed by atoms with Crippen LogP contribution in [0, 0.1) is 17.3 Å². The third kappa shape index (κ3) is 1.94. The Morgan fingerprint density at radius 1 is 1.20 bits per heavy atom. The van der Waals surface area contributed by atoms with E-state index < -0.39 is 17.4 Å². The van der Waals surface area contributed by atoms with Crippen LogP contribution in [0.25, 0.3) is 0 Å². The molecule has 1 aliphatic heterocycles. The van der Waals surface area contributed by atoms with Gasteiger partial charge in [-0.15, -0.1) is 0 Å². The maximum absolute atomic E-state index is 12.9. The number of rotatable bonds is 3. The van der Waals surface area contributed by atoms with Gasteiger partial charge in [0.1, 0.15) is 6.04 Å². The maximum Gasteiger partial charge on any atom is 0.326 e. The topological polar surface area (TPSA) is 83.6 Å². The van der Waals surface area contributed by atoms with Gasteiger partial charge < -0.3 is 15.7 Å². The Kier molecular flexibility index (Phi) is 3.48. The first-order valence-corrected chi connectivity index (χ1v) is 7.83. The van der Waals surface area contributed by atoms with E-state index in [4.69, 9.17) is 5.73 Å². The molecule has 5 heteroatoms. The van der Waals surface area contributed by atoms with Gasteiger partial charge in [-0.1, -0.05) is 19.3 Å². The molecule has 0 radical (unpaired) electrons. The monoisotopic (exact) mass is 280 g/mol. The third-order valence-corrected chi connectivity index (χ3v) is 5.81. The fourth-order valence-corrected chi connectivity index (χ4v) is 4.69. The fourth-order valence-electron chi connectivity index (χ4n) is 4.69. The van der Waals surface area contributed by atoms with Crippen molar-refractivity contribution in [3.63, 3.8) is 0 Å². The Labute approximate surface area is 119 Å². The lowest BCUT2D eigenvalue weighted by molar-refractivity contribution is -0.154. The molecule has 3 fully saturated rings. The Balaban J connectivity index is 1.85. The molecule has 5 nitrogen and oxygen atoms in total. The van der Waals surface area contributed by atoms with Gasteiger partial charge in [-0.05, 0) is 37.5 Å². The number of nitrogens with zero attached hydrogens (tertiary/aromatic N) is 1. The van der Waals surface area contributed by atoms with Crippen LogP contribution in [0.2, 0.25) is 0 Å². The van der Waals surface area contributed by atoms with E-state index in [1.807, 2.05) is 0 Å². The minimum Gasteiger partial charge on any atom is -0.480 e. The number of hydrogen-bond acceptors (Lipinski definition) is 3. The molecule has 0 aromatic heterocycles. The molecule has 3 unspecified atom stereocenters. The van der Waals surface area contributed by atoms with Crippen LogP contribution < -0.4 is 5.73 Å². The minimum absolute atomic E-state index is 0.0132. The fraction of sp³-hybridized carbons (Fsp3) is 0.867. The summed E-state index contributed by atoms with van der Waals surface area (Å²) < 4.78 is 0. The van der Waals surface area contributed by atoms with Gasteiger partial charge in [0.25, 0.3) is 0 Å². The summed E-state index contributed by atoms with van der Waals surface area (Å²) in [5.41, 5.74) is 5.40. The molecule has 20 heavy (non-hydrogen) atoms. The maximum atomic E-state index is 12.9. The number of likely N-dealkylation sites (tertiary alicyclic amines) is 1. The molecule has 0 bridgehead atoms. The molecule has 0 aromatic rings. The number of carbonyl (C=O) groups excluding carboxylic acids is 1. The summed E-state index contributed by atoms with van der Waals surface area (Å²) in [5.74, 6) is -0.277. The summed E-state index contributed by atoms with van der Waals surface area (Å²) in [6, 6.07) is -0.612. The number of hydrogen-bond donors (Lipinski definition) is 2. The second-order valence-corrected chi connectivity index (χ2v) is 6.79. The van der Waals surface area contributed by atoms with Crippen LogP contribution in [-0.2, 0) is 9.59 Å². The highest BCUT2D eigenvalue weighted by atomic mass is 16.4. The lowest BCUT2D eigenvalue weighted by Gasteiger charge is -2.34. The van der Waals surface area contributed by atoms with Crippen molar-refractivity contribution in [2.75, 3.05) is 13.1 Å². The number of carbonyl (C=O) groups is 2. The highest BCUT2D eigenvalue weighted by molar-refractivity contribution is 5.89. The highest BCUT2D eigenvalue weighted by Crippen LogP contribution is 2.46. The quantitative estimate of drug-likeness (QED) is 0.814. The van der Waals surface area contributed by atoms with Crippen molar-refractivity contribution in [1.82, 2.24) is 4.90 Å². The summed E-state index contributed by atoms with van der Waals surface area (Å²) in [5, 5.41) is 9.55. The third-order valence-electron chi connectivity index (χ3n) is 5.81. The molecule has 1 saturated heterocycles. The molecule has 0 aromatic carbocycles. The van der Waals surface area contributed by atoms with Crippen LogP contribution in [0.3, 0.4) is 0 Å². The number of carboxylic acid groups (broad SMARTS) is 1. The zero-order valence-electron chi connectivity index (χ0n) is 11.9. The average molecular weight is 280 g/mol. The number of aliphatic carboxylic acids is 1. The summed E-state index contributed by atoms with van der Waals surface area (Å²) in [6.07, 6.45) is 6.81. The van der Waals surface area contributed by atoms with Crippen molar-refractivity contribution in [3.05, 3.63) is 0 Å². The predicted octanol–water partition coefficient (Wildman–Crippen LogP) is 1.22. The second kappa shape index (κ2) is 5.02. The predicted molar refractivity (Wildman–Crippen MR) is 73.9 cm³/mol. The summed E-state index contributed by atoms with van der Waals surface area (Å²) in [4.78, 5) is 26.2. The number of fused-ring (bicyclic) bond motifs is 1. The molecule has 3 aliphatic rings. The van der Waals surface area contributed by atoms with Crippen LogP contribution >= 0.6 is 0 Å². The summed E-state index contributed by atoms with van der Waals surface area (Å²) in [6.45, 7) is 0.978. The highest BCUT2D eigenvalue weighted by Gasteiger charge is 2.53. The van der Waals surface area contributed by atoms with Crippen LogP contribution in [0.1, 0.15) is 44.9 Å². The van der Waals surface area contributed by atoms with E-state index in [-0.39, 0.29) is 11.8 Å². The van der Waals surface area contributed by atoms with Crippen LogP contribution in [0.5, 0.6) is 0 Å². The van der Waals surface area contributed by atoms with E-state index in [2.05, 4.69) is 0 Å². The van der Waals surface area contributed by atoms with Gasteiger partial charge >= 0.3 is 5.97 Å². The Bertz CT molecular complexity index is 417. The van der Waals surface area contributed by atoms with Gasteiger partial charge in [0, 0.05) is 13.1 Å². The molecule has 2 aliphatic carbocycles. The molecule has 0 spiro atoms. The van der Waals surface area contributed by atoms with Gasteiger partial charge in [0.05, 0.1) is 5.41 Å². The van der Waals surface area contributed by atoms with E-state index in [0.29, 0.717) is 19.0 Å². The molecule has 1 heterocycles. The smallest absolute Gasteiger partial charge is 0.326 e. The summed E-state index contributed by atoms with van der Waals surface area (Å²) >= 11 is 0. The first-order chi connectivity index (χ1) is 9.59. The number of amides is 1. The van der Waals surface area contributed by atoms with E-state index in [1.54, 1.807) is 4.90 Å². The van der Waals surface area contributed by atoms with Crippen molar-refractivity contribution >= 4 is 11.9 Å². The molecule has 1 amide bonds. The largest absolute Gasteiger partial charge is 0.480 e. The molecular formula is C15H24N2O3. The Hall–Kier alpha value is -1.10. The Morgan fingerprint density at radius 2 is 1.90 bits per heavy atom. The van der Waals surface area contributed by atoms with Gasteiger partial charge in [-0.3, -0.25) is 4.79 Å². The van der Waals surface area contributed by atoms with Crippen molar-refractivity contribution in [2.24, 2.45) is 23.0 Å². The molecule has 2 saturated carbocycles. The number of nitrogens with two attached hydrogens (primary N) is 1. The van der Waals surface area contributed by atoms with Gasteiger partial charge in [0.15, 0.2) is 0 Å². The second-order valence-electron chi connectivity index (χ2n) is 6.79. The van der Waals surface area contributed by atoms with Crippen molar-refractivity contribution in [1.29, 1.82) is 0 Å². The van der Waals surface area contributed by atoms with Crippen molar-refractivity contribution < 1.29 is 14.7 Å².